The molecule has 7 nitrogen and oxygen atoms in total. The first-order valence-corrected chi connectivity index (χ1v) is 11.7. The number of hydrogen-bond acceptors (Lipinski definition) is 4. The second kappa shape index (κ2) is 10.5. The molecule has 3 amide bonds. The third-order valence-electron chi connectivity index (χ3n) is 5.64. The molecule has 1 aliphatic heterocycles. The number of nitrogens with zero attached hydrogens (tertiary/aromatic N) is 4. The number of carbonyl (C=O) groups excluding carboxylic acids is 2. The van der Waals surface area contributed by atoms with Crippen molar-refractivity contribution in [2.45, 2.75) is 0 Å². The van der Waals surface area contributed by atoms with E-state index in [9.17, 15) is 9.59 Å². The monoisotopic (exact) mass is 517 g/mol. The summed E-state index contributed by atoms with van der Waals surface area (Å²) in [5.74, 6) is -0.0676. The van der Waals surface area contributed by atoms with Crippen LogP contribution in [0.4, 0.5) is 21.9 Å². The largest absolute Gasteiger partial charge is 0.345 e. The highest BCUT2D eigenvalue weighted by atomic mass is 35.5. The minimum Gasteiger partial charge on any atom is -0.345 e. The SMILES string of the molecule is CN(c1ccncc1)c1ccc(C(=O)N2CCN(C(=O)Nc3c(Cl)cc(Cl)cc3Cl)CC2)cc1. The molecule has 0 atom stereocenters. The molecule has 3 aromatic rings. The molecule has 1 saturated heterocycles. The summed E-state index contributed by atoms with van der Waals surface area (Å²) in [6, 6.07) is 14.0. The highest BCUT2D eigenvalue weighted by molar-refractivity contribution is 6.42. The van der Waals surface area contributed by atoms with E-state index in [1.165, 1.54) is 12.1 Å². The molecule has 0 saturated carbocycles. The van der Waals surface area contributed by atoms with Crippen molar-refractivity contribution in [3.8, 4) is 0 Å². The van der Waals surface area contributed by atoms with E-state index in [0.717, 1.165) is 11.4 Å². The molecule has 0 radical (unpaired) electrons. The molecule has 1 fully saturated rings. The van der Waals surface area contributed by atoms with Crippen LogP contribution in [0, 0.1) is 0 Å². The second-order valence-corrected chi connectivity index (χ2v) is 9.02. The third kappa shape index (κ3) is 5.38. The van der Waals surface area contributed by atoms with Crippen LogP contribution in [0.25, 0.3) is 0 Å². The van der Waals surface area contributed by atoms with Crippen molar-refractivity contribution in [2.24, 2.45) is 0 Å². The van der Waals surface area contributed by atoms with Gasteiger partial charge < -0.3 is 20.0 Å². The third-order valence-corrected chi connectivity index (χ3v) is 6.46. The van der Waals surface area contributed by atoms with E-state index in [1.807, 2.05) is 48.3 Å². The van der Waals surface area contributed by atoms with Crippen LogP contribution in [0.2, 0.25) is 15.1 Å². The van der Waals surface area contributed by atoms with Gasteiger partial charge in [-0.15, -0.1) is 0 Å². The Hall–Kier alpha value is -3.00. The van der Waals surface area contributed by atoms with Crippen LogP contribution in [0.15, 0.2) is 60.9 Å². The van der Waals surface area contributed by atoms with E-state index < -0.39 is 0 Å². The topological polar surface area (TPSA) is 68.8 Å². The van der Waals surface area contributed by atoms with E-state index in [4.69, 9.17) is 34.8 Å². The molecule has 2 heterocycles. The van der Waals surface area contributed by atoms with Crippen molar-refractivity contribution >= 4 is 63.8 Å². The van der Waals surface area contributed by atoms with Crippen LogP contribution < -0.4 is 10.2 Å². The molecule has 0 bridgehead atoms. The Bertz CT molecular complexity index is 1160. The molecular formula is C24H22Cl3N5O2. The number of urea groups is 1. The molecule has 34 heavy (non-hydrogen) atoms. The number of rotatable bonds is 4. The Kier molecular flexibility index (Phi) is 7.46. The van der Waals surface area contributed by atoms with Crippen LogP contribution in [-0.4, -0.2) is 59.9 Å². The quantitative estimate of drug-likeness (QED) is 0.474. The lowest BCUT2D eigenvalue weighted by Crippen LogP contribution is -2.51. The Morgan fingerprint density at radius 3 is 1.97 bits per heavy atom. The molecule has 1 aliphatic rings. The molecular weight excluding hydrogens is 497 g/mol. The molecule has 1 aromatic heterocycles. The Morgan fingerprint density at radius 2 is 1.38 bits per heavy atom. The van der Waals surface area contributed by atoms with E-state index >= 15 is 0 Å². The summed E-state index contributed by atoms with van der Waals surface area (Å²) in [6.07, 6.45) is 3.48. The number of amides is 3. The van der Waals surface area contributed by atoms with Gasteiger partial charge in [0.05, 0.1) is 15.7 Å². The first kappa shape index (κ1) is 24.1. The zero-order valence-corrected chi connectivity index (χ0v) is 20.6. The van der Waals surface area contributed by atoms with E-state index in [2.05, 4.69) is 10.3 Å². The van der Waals surface area contributed by atoms with Gasteiger partial charge in [0.2, 0.25) is 0 Å². The molecule has 1 N–H and O–H groups in total. The Morgan fingerprint density at radius 1 is 0.853 bits per heavy atom. The van der Waals surface area contributed by atoms with Crippen molar-refractivity contribution in [1.29, 1.82) is 0 Å². The summed E-state index contributed by atoms with van der Waals surface area (Å²) in [6.45, 7) is 1.63. The number of anilines is 3. The van der Waals surface area contributed by atoms with E-state index in [1.54, 1.807) is 22.2 Å². The number of piperazine rings is 1. The molecule has 0 unspecified atom stereocenters. The van der Waals surface area contributed by atoms with Gasteiger partial charge in [0.15, 0.2) is 0 Å². The first-order chi connectivity index (χ1) is 16.3. The summed E-state index contributed by atoms with van der Waals surface area (Å²) in [7, 11) is 1.96. The maximum Gasteiger partial charge on any atom is 0.322 e. The number of pyridine rings is 1. The lowest BCUT2D eigenvalue weighted by Gasteiger charge is -2.35. The van der Waals surface area contributed by atoms with Gasteiger partial charge >= 0.3 is 6.03 Å². The number of hydrogen-bond donors (Lipinski definition) is 1. The van der Waals surface area contributed by atoms with Crippen LogP contribution in [-0.2, 0) is 0 Å². The number of carbonyl (C=O) groups is 2. The molecule has 2 aromatic carbocycles. The van der Waals surface area contributed by atoms with Gasteiger partial charge in [0.25, 0.3) is 5.91 Å². The van der Waals surface area contributed by atoms with Gasteiger partial charge in [0, 0.05) is 67.6 Å². The summed E-state index contributed by atoms with van der Waals surface area (Å²) in [4.78, 5) is 35.1. The molecule has 0 aliphatic carbocycles. The molecule has 176 valence electrons. The Balaban J connectivity index is 1.34. The summed E-state index contributed by atoms with van der Waals surface area (Å²) in [5, 5.41) is 3.64. The summed E-state index contributed by atoms with van der Waals surface area (Å²) in [5.41, 5.74) is 2.88. The molecule has 10 heteroatoms. The number of aromatic nitrogens is 1. The summed E-state index contributed by atoms with van der Waals surface area (Å²) >= 11 is 18.2. The average Bonchev–Trinajstić information content (AvgIpc) is 2.86. The fourth-order valence-corrected chi connectivity index (χ4v) is 4.60. The predicted octanol–water partition coefficient (Wildman–Crippen LogP) is 5.80. The average molecular weight is 519 g/mol. The first-order valence-electron chi connectivity index (χ1n) is 10.6. The van der Waals surface area contributed by atoms with E-state index in [-0.39, 0.29) is 22.0 Å². The Labute approximate surface area is 212 Å². The van der Waals surface area contributed by atoms with Crippen LogP contribution >= 0.6 is 34.8 Å². The van der Waals surface area contributed by atoms with Gasteiger partial charge in [-0.3, -0.25) is 9.78 Å². The standard InChI is InChI=1S/C24H22Cl3N5O2/c1-30(19-6-8-28-9-7-19)18-4-2-16(3-5-18)23(33)31-10-12-32(13-11-31)24(34)29-22-20(26)14-17(25)15-21(22)27/h2-9,14-15H,10-13H2,1H3,(H,29,34). The van der Waals surface area contributed by atoms with E-state index in [0.29, 0.717) is 42.5 Å². The van der Waals surface area contributed by atoms with Gasteiger partial charge in [-0.2, -0.15) is 0 Å². The van der Waals surface area contributed by atoms with Crippen LogP contribution in [0.1, 0.15) is 10.4 Å². The van der Waals surface area contributed by atoms with Crippen molar-refractivity contribution < 1.29 is 9.59 Å². The second-order valence-electron chi connectivity index (χ2n) is 7.77. The fraction of sp³-hybridized carbons (Fsp3) is 0.208. The normalized spacial score (nSPS) is 13.5. The smallest absolute Gasteiger partial charge is 0.322 e. The van der Waals surface area contributed by atoms with Crippen molar-refractivity contribution in [3.63, 3.8) is 0 Å². The minimum atomic E-state index is -0.332. The highest BCUT2D eigenvalue weighted by Crippen LogP contribution is 2.34. The zero-order chi connectivity index (χ0) is 24.2. The minimum absolute atomic E-state index is 0.0676. The predicted molar refractivity (Wildman–Crippen MR) is 137 cm³/mol. The van der Waals surface area contributed by atoms with Gasteiger partial charge in [0.1, 0.15) is 0 Å². The number of nitrogens with one attached hydrogen (secondary N) is 1. The molecule has 0 spiro atoms. The van der Waals surface area contributed by atoms with Crippen LogP contribution in [0.5, 0.6) is 0 Å². The zero-order valence-electron chi connectivity index (χ0n) is 18.3. The van der Waals surface area contributed by atoms with Crippen molar-refractivity contribution in [2.75, 3.05) is 43.4 Å². The summed E-state index contributed by atoms with van der Waals surface area (Å²) < 4.78 is 0. The maximum absolute atomic E-state index is 13.0. The number of benzene rings is 2. The van der Waals surface area contributed by atoms with Gasteiger partial charge in [-0.05, 0) is 48.5 Å². The number of halogens is 3. The van der Waals surface area contributed by atoms with Gasteiger partial charge in [-0.1, -0.05) is 34.8 Å². The highest BCUT2D eigenvalue weighted by Gasteiger charge is 2.26. The van der Waals surface area contributed by atoms with Crippen molar-refractivity contribution in [1.82, 2.24) is 14.8 Å². The molecule has 4 rings (SSSR count). The van der Waals surface area contributed by atoms with Crippen LogP contribution in [0.3, 0.4) is 0 Å². The van der Waals surface area contributed by atoms with Crippen molar-refractivity contribution in [3.05, 3.63) is 81.6 Å². The lowest BCUT2D eigenvalue weighted by atomic mass is 10.1. The van der Waals surface area contributed by atoms with Gasteiger partial charge in [-0.25, -0.2) is 4.79 Å². The maximum atomic E-state index is 13.0. The lowest BCUT2D eigenvalue weighted by molar-refractivity contribution is 0.0671. The fourth-order valence-electron chi connectivity index (χ4n) is 3.69.